The van der Waals surface area contributed by atoms with Gasteiger partial charge in [0.25, 0.3) is 0 Å². The molecule has 0 spiro atoms. The number of aromatic nitrogens is 2. The Hall–Kier alpha value is -2.14. The number of nitrogens with one attached hydrogen (secondary N) is 1. The van der Waals surface area contributed by atoms with Gasteiger partial charge in [-0.2, -0.15) is 5.10 Å². The van der Waals surface area contributed by atoms with Crippen LogP contribution in [0.15, 0.2) is 30.5 Å². The third-order valence-corrected chi connectivity index (χ3v) is 4.55. The molecule has 0 radical (unpaired) electrons. The van der Waals surface area contributed by atoms with Gasteiger partial charge in [-0.15, -0.1) is 0 Å². The number of rotatable bonds is 4. The van der Waals surface area contributed by atoms with Crippen LogP contribution in [0.5, 0.6) is 0 Å². The fourth-order valence-electron chi connectivity index (χ4n) is 3.26. The molecular weight excluding hydrogens is 288 g/mol. The third kappa shape index (κ3) is 3.45. The van der Waals surface area contributed by atoms with Gasteiger partial charge in [-0.05, 0) is 31.0 Å². The third-order valence-electron chi connectivity index (χ3n) is 4.55. The van der Waals surface area contributed by atoms with Crippen molar-refractivity contribution in [3.8, 4) is 0 Å². The number of fused-ring (bicyclic) bond motifs is 1. The van der Waals surface area contributed by atoms with Gasteiger partial charge in [0.15, 0.2) is 0 Å². The highest BCUT2D eigenvalue weighted by Gasteiger charge is 2.27. The summed E-state index contributed by atoms with van der Waals surface area (Å²) in [4.78, 5) is 14.2. The lowest BCUT2D eigenvalue weighted by molar-refractivity contribution is -0.121. The summed E-state index contributed by atoms with van der Waals surface area (Å²) in [7, 11) is 1.68. The minimum atomic E-state index is 0.0602. The Morgan fingerprint density at radius 2 is 2.17 bits per heavy atom. The predicted octanol–water partition coefficient (Wildman–Crippen LogP) is 2.19. The van der Waals surface area contributed by atoms with Crippen LogP contribution >= 0.6 is 0 Å². The van der Waals surface area contributed by atoms with Crippen molar-refractivity contribution in [1.29, 1.82) is 0 Å². The molecule has 0 fully saturated rings. The first kappa shape index (κ1) is 15.7. The van der Waals surface area contributed by atoms with Gasteiger partial charge >= 0.3 is 0 Å². The predicted molar refractivity (Wildman–Crippen MR) is 90.0 cm³/mol. The first-order chi connectivity index (χ1) is 11.1. The maximum absolute atomic E-state index is 11.8. The smallest absolute Gasteiger partial charge is 0.221 e. The Morgan fingerprint density at radius 1 is 1.35 bits per heavy atom. The van der Waals surface area contributed by atoms with Crippen LogP contribution in [0.1, 0.15) is 34.8 Å². The summed E-state index contributed by atoms with van der Waals surface area (Å²) in [6.07, 6.45) is 2.29. The zero-order valence-electron chi connectivity index (χ0n) is 14.0. The molecule has 5 heteroatoms. The van der Waals surface area contributed by atoms with E-state index in [4.69, 9.17) is 0 Å². The molecule has 1 unspecified atom stereocenters. The summed E-state index contributed by atoms with van der Waals surface area (Å²) >= 11 is 0. The van der Waals surface area contributed by atoms with Crippen molar-refractivity contribution in [3.63, 3.8) is 0 Å². The van der Waals surface area contributed by atoms with Crippen LogP contribution in [0.4, 0.5) is 0 Å². The van der Waals surface area contributed by atoms with Crippen molar-refractivity contribution in [2.24, 2.45) is 0 Å². The lowest BCUT2D eigenvalue weighted by Crippen LogP contribution is -2.39. The Bertz CT molecular complexity index is 707. The van der Waals surface area contributed by atoms with E-state index in [0.29, 0.717) is 6.42 Å². The monoisotopic (exact) mass is 312 g/mol. The fourth-order valence-corrected chi connectivity index (χ4v) is 3.26. The topological polar surface area (TPSA) is 50.2 Å². The summed E-state index contributed by atoms with van der Waals surface area (Å²) in [5.74, 6) is 0.0602. The summed E-state index contributed by atoms with van der Waals surface area (Å²) < 4.78 is 2.01. The van der Waals surface area contributed by atoms with E-state index in [0.717, 1.165) is 19.6 Å². The molecule has 1 amide bonds. The van der Waals surface area contributed by atoms with E-state index < -0.39 is 0 Å². The van der Waals surface area contributed by atoms with Gasteiger partial charge in [0.05, 0.1) is 18.2 Å². The highest BCUT2D eigenvalue weighted by atomic mass is 16.1. The van der Waals surface area contributed by atoms with E-state index in [1.165, 1.54) is 22.4 Å². The van der Waals surface area contributed by atoms with E-state index in [1.807, 2.05) is 16.9 Å². The number of benzene rings is 1. The molecule has 23 heavy (non-hydrogen) atoms. The van der Waals surface area contributed by atoms with E-state index in [-0.39, 0.29) is 11.9 Å². The SMILES string of the molecule is CNC(=O)CC1CN(Cc2cc(C)ccc2C)Cc2ccnn21. The molecule has 3 rings (SSSR count). The number of aryl methyl sites for hydroxylation is 2. The Balaban J connectivity index is 1.79. The van der Waals surface area contributed by atoms with Gasteiger partial charge in [0.1, 0.15) is 0 Å². The molecule has 0 saturated carbocycles. The molecule has 0 aliphatic carbocycles. The van der Waals surface area contributed by atoms with Gasteiger partial charge in [-0.1, -0.05) is 23.8 Å². The number of nitrogens with zero attached hydrogens (tertiary/aromatic N) is 3. The van der Waals surface area contributed by atoms with Crippen molar-refractivity contribution in [2.45, 2.75) is 39.4 Å². The van der Waals surface area contributed by atoms with Gasteiger partial charge < -0.3 is 5.32 Å². The molecule has 1 aliphatic rings. The zero-order valence-corrected chi connectivity index (χ0v) is 14.0. The van der Waals surface area contributed by atoms with Crippen LogP contribution in [-0.4, -0.2) is 34.2 Å². The number of carbonyl (C=O) groups is 1. The highest BCUT2D eigenvalue weighted by molar-refractivity contribution is 5.76. The van der Waals surface area contributed by atoms with Gasteiger partial charge in [0, 0.05) is 32.9 Å². The van der Waals surface area contributed by atoms with E-state index in [9.17, 15) is 4.79 Å². The molecule has 0 saturated heterocycles. The summed E-state index contributed by atoms with van der Waals surface area (Å²) in [5, 5.41) is 7.13. The molecule has 1 N–H and O–H groups in total. The number of hydrogen-bond acceptors (Lipinski definition) is 3. The molecule has 2 heterocycles. The van der Waals surface area contributed by atoms with E-state index >= 15 is 0 Å². The van der Waals surface area contributed by atoms with E-state index in [1.54, 1.807) is 7.05 Å². The molecule has 1 aromatic carbocycles. The second-order valence-electron chi connectivity index (χ2n) is 6.40. The first-order valence-corrected chi connectivity index (χ1v) is 8.08. The van der Waals surface area contributed by atoms with Crippen LogP contribution in [0.3, 0.4) is 0 Å². The van der Waals surface area contributed by atoms with E-state index in [2.05, 4.69) is 47.4 Å². The zero-order chi connectivity index (χ0) is 16.4. The molecule has 1 aromatic heterocycles. The summed E-state index contributed by atoms with van der Waals surface area (Å²) in [6, 6.07) is 8.74. The van der Waals surface area contributed by atoms with Crippen LogP contribution in [0, 0.1) is 13.8 Å². The first-order valence-electron chi connectivity index (χ1n) is 8.08. The quantitative estimate of drug-likeness (QED) is 0.941. The van der Waals surface area contributed by atoms with Crippen molar-refractivity contribution in [1.82, 2.24) is 20.0 Å². The van der Waals surface area contributed by atoms with Crippen molar-refractivity contribution in [3.05, 3.63) is 52.8 Å². The van der Waals surface area contributed by atoms with Gasteiger partial charge in [0.2, 0.25) is 5.91 Å². The van der Waals surface area contributed by atoms with Crippen molar-refractivity contribution >= 4 is 5.91 Å². The summed E-state index contributed by atoms with van der Waals surface area (Å²) in [5.41, 5.74) is 5.14. The number of carbonyl (C=O) groups excluding carboxylic acids is 1. The van der Waals surface area contributed by atoms with Crippen LogP contribution in [0.2, 0.25) is 0 Å². The molecule has 1 aliphatic heterocycles. The van der Waals surface area contributed by atoms with Gasteiger partial charge in [-0.3, -0.25) is 14.4 Å². The standard InChI is InChI=1S/C18H24N4O/c1-13-4-5-14(2)15(8-13)10-21-11-16-6-7-20-22(16)17(12-21)9-18(23)19-3/h4-8,17H,9-12H2,1-3H3,(H,19,23). The van der Waals surface area contributed by atoms with Crippen LogP contribution < -0.4 is 5.32 Å². The summed E-state index contributed by atoms with van der Waals surface area (Å²) in [6.45, 7) is 6.91. The fraction of sp³-hybridized carbons (Fsp3) is 0.444. The Labute approximate surface area is 137 Å². The minimum Gasteiger partial charge on any atom is -0.359 e. The minimum absolute atomic E-state index is 0.0602. The van der Waals surface area contributed by atoms with Crippen LogP contribution in [-0.2, 0) is 17.9 Å². The van der Waals surface area contributed by atoms with Crippen molar-refractivity contribution < 1.29 is 4.79 Å². The maximum Gasteiger partial charge on any atom is 0.221 e. The normalized spacial score (nSPS) is 17.8. The molecule has 122 valence electrons. The average molecular weight is 312 g/mol. The lowest BCUT2D eigenvalue weighted by atomic mass is 10.0. The molecule has 5 nitrogen and oxygen atoms in total. The molecule has 1 atom stereocenters. The molecule has 0 bridgehead atoms. The molecule has 2 aromatic rings. The Kier molecular flexibility index (Phi) is 4.48. The maximum atomic E-state index is 11.8. The number of hydrogen-bond donors (Lipinski definition) is 1. The largest absolute Gasteiger partial charge is 0.359 e. The second kappa shape index (κ2) is 6.54. The number of amides is 1. The van der Waals surface area contributed by atoms with Crippen LogP contribution in [0.25, 0.3) is 0 Å². The lowest BCUT2D eigenvalue weighted by Gasteiger charge is -2.34. The van der Waals surface area contributed by atoms with Gasteiger partial charge in [-0.25, -0.2) is 0 Å². The highest BCUT2D eigenvalue weighted by Crippen LogP contribution is 2.25. The Morgan fingerprint density at radius 3 is 2.96 bits per heavy atom. The van der Waals surface area contributed by atoms with Crippen molar-refractivity contribution in [2.75, 3.05) is 13.6 Å². The average Bonchev–Trinajstić information content (AvgIpc) is 2.99. The molecular formula is C18H24N4O. The second-order valence-corrected chi connectivity index (χ2v) is 6.40.